The minimum Gasteiger partial charge on any atom is -0.462 e. The molecule has 1 amide bonds. The highest BCUT2D eigenvalue weighted by Gasteiger charge is 2.55. The molecule has 3 heterocycles. The zero-order valence-corrected chi connectivity index (χ0v) is 41.7. The first-order valence-electron chi connectivity index (χ1n) is 23.4. The monoisotopic (exact) mass is 952 g/mol. The highest BCUT2D eigenvalue weighted by atomic mass is 28.4. The number of nitrogens with zero attached hydrogens (tertiary/aromatic N) is 3. The molecule has 67 heavy (non-hydrogen) atoms. The van der Waals surface area contributed by atoms with Crippen LogP contribution in [-0.2, 0) is 63.3 Å². The Kier molecular flexibility index (Phi) is 19.8. The number of rotatable bonds is 22. The molecule has 2 aromatic carbocycles. The van der Waals surface area contributed by atoms with Crippen LogP contribution >= 0.6 is 0 Å². The molecule has 3 fully saturated rings. The van der Waals surface area contributed by atoms with Gasteiger partial charge in [0.05, 0.1) is 38.4 Å². The number of carbonyl (C=O) groups excluding carboxylic acids is 3. The first kappa shape index (κ1) is 53.6. The average Bonchev–Trinajstić information content (AvgIpc) is 3.29. The van der Waals surface area contributed by atoms with Crippen molar-refractivity contribution in [3.05, 3.63) is 94.9 Å². The number of amides is 1. The maximum atomic E-state index is 14.1. The van der Waals surface area contributed by atoms with E-state index in [-0.39, 0.29) is 62.1 Å². The van der Waals surface area contributed by atoms with E-state index in [0.29, 0.717) is 6.42 Å². The number of hydrogen-bond acceptors (Lipinski definition) is 14. The summed E-state index contributed by atoms with van der Waals surface area (Å²) in [6.45, 7) is 23.8. The van der Waals surface area contributed by atoms with Gasteiger partial charge in [0, 0.05) is 22.8 Å². The predicted octanol–water partition coefficient (Wildman–Crippen LogP) is 9.08. The van der Waals surface area contributed by atoms with Crippen molar-refractivity contribution in [2.24, 2.45) is 22.9 Å². The topological polar surface area (TPSA) is 204 Å². The Morgan fingerprint density at radius 2 is 1.67 bits per heavy atom. The van der Waals surface area contributed by atoms with Crippen molar-refractivity contribution >= 4 is 26.3 Å². The smallest absolute Gasteiger partial charge is 0.462 e. The number of hydrogen-bond donors (Lipinski definition) is 1. The molecule has 0 spiro atoms. The molecule has 370 valence electrons. The molecule has 1 N–H and O–H groups in total. The summed E-state index contributed by atoms with van der Waals surface area (Å²) in [6, 6.07) is 16.9. The molecule has 12 atom stereocenters. The van der Waals surface area contributed by atoms with Gasteiger partial charge in [0.1, 0.15) is 43.2 Å². The van der Waals surface area contributed by atoms with E-state index in [1.165, 1.54) is 6.08 Å². The number of ether oxygens (including phenoxy) is 9. The normalized spacial score (nSPS) is 28.1. The highest BCUT2D eigenvalue weighted by Crippen LogP contribution is 2.46. The Morgan fingerprint density at radius 1 is 0.985 bits per heavy atom. The van der Waals surface area contributed by atoms with Crippen LogP contribution < -0.4 is 5.32 Å². The van der Waals surface area contributed by atoms with Gasteiger partial charge in [0.2, 0.25) is 5.91 Å². The predicted molar refractivity (Wildman–Crippen MR) is 250 cm³/mol. The summed E-state index contributed by atoms with van der Waals surface area (Å²) in [7, 11) is -2.75. The minimum atomic E-state index is -2.75. The van der Waals surface area contributed by atoms with Gasteiger partial charge in [-0.3, -0.25) is 9.59 Å². The fourth-order valence-electron chi connectivity index (χ4n) is 8.39. The molecule has 0 saturated carbocycles. The van der Waals surface area contributed by atoms with E-state index in [0.717, 1.165) is 11.1 Å². The van der Waals surface area contributed by atoms with E-state index in [2.05, 4.69) is 62.7 Å². The lowest BCUT2D eigenvalue weighted by Gasteiger charge is -2.50. The molecule has 0 aromatic heterocycles. The van der Waals surface area contributed by atoms with E-state index < -0.39 is 93.9 Å². The van der Waals surface area contributed by atoms with Crippen molar-refractivity contribution in [3.8, 4) is 0 Å². The van der Waals surface area contributed by atoms with Gasteiger partial charge in [-0.25, -0.2) is 4.79 Å². The van der Waals surface area contributed by atoms with Crippen LogP contribution in [0.4, 0.5) is 4.79 Å². The summed E-state index contributed by atoms with van der Waals surface area (Å²) >= 11 is 0. The van der Waals surface area contributed by atoms with Gasteiger partial charge in [-0.2, -0.15) is 0 Å². The van der Waals surface area contributed by atoms with Crippen molar-refractivity contribution in [2.75, 3.05) is 19.8 Å². The van der Waals surface area contributed by atoms with Gasteiger partial charge in [0.25, 0.3) is 0 Å². The van der Waals surface area contributed by atoms with Crippen molar-refractivity contribution in [3.63, 3.8) is 0 Å². The fraction of sp³-hybridized carbons (Fsp3) is 0.653. The van der Waals surface area contributed by atoms with Gasteiger partial charge in [-0.05, 0) is 47.5 Å². The third kappa shape index (κ3) is 14.3. The first-order valence-corrected chi connectivity index (χ1v) is 26.3. The molecule has 0 bridgehead atoms. The number of esters is 1. The highest BCUT2D eigenvalue weighted by molar-refractivity contribution is 6.74. The van der Waals surface area contributed by atoms with Crippen LogP contribution in [0.5, 0.6) is 0 Å². The van der Waals surface area contributed by atoms with E-state index in [1.807, 2.05) is 81.4 Å². The van der Waals surface area contributed by atoms with Crippen LogP contribution in [0.1, 0.15) is 92.1 Å². The second-order valence-electron chi connectivity index (χ2n) is 19.2. The lowest BCUT2D eigenvalue weighted by molar-refractivity contribution is -0.342. The number of azide groups is 1. The number of benzene rings is 2. The number of fused-ring (bicyclic) bond motifs is 1. The van der Waals surface area contributed by atoms with Gasteiger partial charge in [-0.1, -0.05) is 134 Å². The summed E-state index contributed by atoms with van der Waals surface area (Å²) in [4.78, 5) is 43.0. The summed E-state index contributed by atoms with van der Waals surface area (Å²) in [6.07, 6.45) is -7.27. The van der Waals surface area contributed by atoms with E-state index in [1.54, 1.807) is 6.92 Å². The fourth-order valence-corrected chi connectivity index (χ4v) is 10.9. The van der Waals surface area contributed by atoms with E-state index in [4.69, 9.17) is 47.1 Å². The van der Waals surface area contributed by atoms with Gasteiger partial charge in [0.15, 0.2) is 27.2 Å². The Balaban J connectivity index is 1.51. The quantitative estimate of drug-likeness (QED) is 0.0293. The maximum Gasteiger partial charge on any atom is 0.508 e. The first-order chi connectivity index (χ1) is 31.9. The lowest BCUT2D eigenvalue weighted by Crippen LogP contribution is -2.65. The third-order valence-electron chi connectivity index (χ3n) is 13.3. The molecule has 2 aromatic rings. The molecule has 5 unspecified atom stereocenters. The summed E-state index contributed by atoms with van der Waals surface area (Å²) < 4.78 is 63.5. The van der Waals surface area contributed by atoms with Crippen LogP contribution in [0.25, 0.3) is 10.4 Å². The van der Waals surface area contributed by atoms with Crippen molar-refractivity contribution in [1.29, 1.82) is 0 Å². The Hall–Kier alpha value is -4.36. The Morgan fingerprint density at radius 3 is 2.30 bits per heavy atom. The van der Waals surface area contributed by atoms with Crippen LogP contribution in [0, 0.1) is 17.8 Å². The standard InChI is InChI=1S/C49H72N4O13Si/c1-12-24-57-48(56)65-44-41(52-53-50)47(66-67(10,11)49(8,9)31(5)6)63-37(43(44)58-27-33-20-16-14-17-21-33)29-60-46-40(51-38(54)26-35(25-30(3)4)61-39(55)13-2)32(7)42-36(62-46)28-59-45(64-42)34-22-18-15-19-23-34/h12,14-23,30-32,35-37,40-47H,1,13,24-29H2,2-11H3,(H,51,54)/t32-,35-,36?,37?,40?,41?,42+,43-,44-,45?,46-,47+/m1/s1. The summed E-state index contributed by atoms with van der Waals surface area (Å²) in [5.41, 5.74) is 11.6. The summed E-state index contributed by atoms with van der Waals surface area (Å²) in [5, 5.41) is 6.97. The molecule has 18 heteroatoms. The largest absolute Gasteiger partial charge is 0.508 e. The van der Waals surface area contributed by atoms with Crippen molar-refractivity contribution in [1.82, 2.24) is 5.32 Å². The second kappa shape index (κ2) is 24.8. The minimum absolute atomic E-state index is 0.0544. The zero-order chi connectivity index (χ0) is 48.9. The number of nitrogens with one attached hydrogen (secondary N) is 1. The van der Waals surface area contributed by atoms with Crippen LogP contribution in [0.15, 0.2) is 78.4 Å². The molecule has 5 rings (SSSR count). The van der Waals surface area contributed by atoms with Gasteiger partial charge >= 0.3 is 12.1 Å². The molecular weight excluding hydrogens is 881 g/mol. The maximum absolute atomic E-state index is 14.1. The molecule has 0 aliphatic carbocycles. The SMILES string of the molecule is C=CCOC(=O)O[C@@H]1C(N=[N+]=[N-])[C@H](O[Si](C)(C)C(C)(C)C(C)C)OC(CO[C@@H]2OC3COC(c4ccccc4)O[C@H]3[C@H](C)C2NC(=O)C[C@@H](CC(C)C)OC(=O)CC)[C@H]1OCc1ccccc1. The zero-order valence-electron chi connectivity index (χ0n) is 40.7. The van der Waals surface area contributed by atoms with Crippen LogP contribution in [0.3, 0.4) is 0 Å². The van der Waals surface area contributed by atoms with Crippen molar-refractivity contribution in [2.45, 2.75) is 167 Å². The van der Waals surface area contributed by atoms with Crippen LogP contribution in [-0.4, -0.2) is 107 Å². The lowest BCUT2D eigenvalue weighted by atomic mass is 9.87. The average molecular weight is 953 g/mol. The molecule has 3 aliphatic rings. The van der Waals surface area contributed by atoms with E-state index in [9.17, 15) is 19.9 Å². The van der Waals surface area contributed by atoms with Crippen molar-refractivity contribution < 1.29 is 61.4 Å². The van der Waals surface area contributed by atoms with Gasteiger partial charge in [-0.15, -0.1) is 0 Å². The molecule has 0 radical (unpaired) electrons. The van der Waals surface area contributed by atoms with Crippen LogP contribution in [0.2, 0.25) is 18.1 Å². The summed E-state index contributed by atoms with van der Waals surface area (Å²) in [5.74, 6) is -0.802. The molecular formula is C49H72N4O13Si. The molecule has 3 aliphatic heterocycles. The second-order valence-corrected chi connectivity index (χ2v) is 23.8. The Bertz CT molecular complexity index is 1950. The molecule has 17 nitrogen and oxygen atoms in total. The van der Waals surface area contributed by atoms with Gasteiger partial charge < -0.3 is 52.4 Å². The Labute approximate surface area is 396 Å². The number of carbonyl (C=O) groups is 3. The van der Waals surface area contributed by atoms with E-state index >= 15 is 0 Å². The molecule has 3 saturated heterocycles. The third-order valence-corrected chi connectivity index (χ3v) is 17.8.